The van der Waals surface area contributed by atoms with Crippen LogP contribution in [-0.2, 0) is 4.74 Å². The second-order valence-corrected chi connectivity index (χ2v) is 3.78. The molecule has 4 heteroatoms. The van der Waals surface area contributed by atoms with Gasteiger partial charge in [-0.3, -0.25) is 4.98 Å². The molecule has 3 nitrogen and oxygen atoms in total. The molecule has 0 aliphatic rings. The van der Waals surface area contributed by atoms with E-state index in [-0.39, 0.29) is 11.9 Å². The monoisotopic (exact) mass is 226 g/mol. The van der Waals surface area contributed by atoms with E-state index in [1.165, 1.54) is 12.3 Å². The fraction of sp³-hybridized carbons (Fsp3) is 0.583. The predicted octanol–water partition coefficient (Wildman–Crippen LogP) is 2.30. The Labute approximate surface area is 96.0 Å². The van der Waals surface area contributed by atoms with Gasteiger partial charge in [0, 0.05) is 19.8 Å². The van der Waals surface area contributed by atoms with Crippen LogP contribution in [0.3, 0.4) is 0 Å². The summed E-state index contributed by atoms with van der Waals surface area (Å²) in [4.78, 5) is 4.03. The average Bonchev–Trinajstić information content (AvgIpc) is 2.29. The Morgan fingerprint density at radius 1 is 1.44 bits per heavy atom. The van der Waals surface area contributed by atoms with Crippen LogP contribution >= 0.6 is 0 Å². The maximum Gasteiger partial charge on any atom is 0.141 e. The molecule has 1 heterocycles. The van der Waals surface area contributed by atoms with E-state index in [2.05, 4.69) is 10.3 Å². The molecule has 0 bridgehead atoms. The first-order chi connectivity index (χ1) is 7.74. The lowest BCUT2D eigenvalue weighted by Gasteiger charge is -2.12. The van der Waals surface area contributed by atoms with Crippen molar-refractivity contribution < 1.29 is 9.13 Å². The number of hydrogen-bond donors (Lipinski definition) is 1. The topological polar surface area (TPSA) is 34.1 Å². The quantitative estimate of drug-likeness (QED) is 0.724. The summed E-state index contributed by atoms with van der Waals surface area (Å²) in [5.74, 6) is -0.295. The molecule has 0 radical (unpaired) electrons. The van der Waals surface area contributed by atoms with Crippen LogP contribution in [0.5, 0.6) is 0 Å². The van der Waals surface area contributed by atoms with Crippen molar-refractivity contribution in [1.82, 2.24) is 10.3 Å². The average molecular weight is 226 g/mol. The van der Waals surface area contributed by atoms with Gasteiger partial charge in [0.25, 0.3) is 0 Å². The van der Waals surface area contributed by atoms with Crippen LogP contribution < -0.4 is 5.32 Å². The Kier molecular flexibility index (Phi) is 5.96. The highest BCUT2D eigenvalue weighted by atomic mass is 19.1. The van der Waals surface area contributed by atoms with Crippen molar-refractivity contribution in [3.8, 4) is 0 Å². The number of rotatable bonds is 7. The SMILES string of the molecule is COCCCCNC(C)c1ccc(F)cn1. The molecule has 1 aromatic rings. The maximum atomic E-state index is 12.6. The van der Waals surface area contributed by atoms with E-state index in [1.807, 2.05) is 6.92 Å². The van der Waals surface area contributed by atoms with Gasteiger partial charge in [-0.05, 0) is 38.4 Å². The Morgan fingerprint density at radius 3 is 2.88 bits per heavy atom. The van der Waals surface area contributed by atoms with Crippen LogP contribution in [0.2, 0.25) is 0 Å². The Balaban J connectivity index is 2.24. The molecule has 0 fully saturated rings. The molecule has 90 valence electrons. The summed E-state index contributed by atoms with van der Waals surface area (Å²) in [7, 11) is 1.71. The fourth-order valence-electron chi connectivity index (χ4n) is 1.44. The molecule has 0 amide bonds. The molecule has 0 saturated heterocycles. The summed E-state index contributed by atoms with van der Waals surface area (Å²) in [6, 6.07) is 3.30. The fourth-order valence-corrected chi connectivity index (χ4v) is 1.44. The highest BCUT2D eigenvalue weighted by molar-refractivity contribution is 5.08. The number of aromatic nitrogens is 1. The zero-order chi connectivity index (χ0) is 11.8. The van der Waals surface area contributed by atoms with Gasteiger partial charge in [0.05, 0.1) is 11.9 Å². The molecular weight excluding hydrogens is 207 g/mol. The van der Waals surface area contributed by atoms with Crippen molar-refractivity contribution in [3.63, 3.8) is 0 Å². The van der Waals surface area contributed by atoms with E-state index < -0.39 is 0 Å². The third-order valence-electron chi connectivity index (χ3n) is 2.42. The Morgan fingerprint density at radius 2 is 2.25 bits per heavy atom. The summed E-state index contributed by atoms with van der Waals surface area (Å²) in [5, 5.41) is 3.34. The van der Waals surface area contributed by atoms with E-state index in [9.17, 15) is 4.39 Å². The first-order valence-corrected chi connectivity index (χ1v) is 5.58. The summed E-state index contributed by atoms with van der Waals surface area (Å²) in [6.07, 6.45) is 3.37. The van der Waals surface area contributed by atoms with E-state index >= 15 is 0 Å². The second-order valence-electron chi connectivity index (χ2n) is 3.78. The van der Waals surface area contributed by atoms with Crippen molar-refractivity contribution in [1.29, 1.82) is 0 Å². The number of methoxy groups -OCH3 is 1. The number of nitrogens with one attached hydrogen (secondary N) is 1. The Bertz CT molecular complexity index is 290. The van der Waals surface area contributed by atoms with Gasteiger partial charge in [-0.25, -0.2) is 4.39 Å². The summed E-state index contributed by atoms with van der Waals surface area (Å²) >= 11 is 0. The second kappa shape index (κ2) is 7.30. The molecule has 0 aliphatic heterocycles. The smallest absolute Gasteiger partial charge is 0.141 e. The first kappa shape index (κ1) is 13.1. The molecule has 1 atom stereocenters. The largest absolute Gasteiger partial charge is 0.385 e. The maximum absolute atomic E-state index is 12.6. The Hall–Kier alpha value is -1.00. The van der Waals surface area contributed by atoms with Crippen LogP contribution in [0, 0.1) is 5.82 Å². The zero-order valence-corrected chi connectivity index (χ0v) is 9.87. The molecule has 1 rings (SSSR count). The molecule has 0 spiro atoms. The van der Waals surface area contributed by atoms with E-state index in [0.29, 0.717) is 0 Å². The van der Waals surface area contributed by atoms with Crippen molar-refractivity contribution in [2.24, 2.45) is 0 Å². The third kappa shape index (κ3) is 4.68. The summed E-state index contributed by atoms with van der Waals surface area (Å²) < 4.78 is 17.6. The van der Waals surface area contributed by atoms with Gasteiger partial charge in [0.1, 0.15) is 5.82 Å². The molecule has 1 unspecified atom stereocenters. The van der Waals surface area contributed by atoms with Gasteiger partial charge in [0.2, 0.25) is 0 Å². The van der Waals surface area contributed by atoms with Crippen molar-refractivity contribution in [3.05, 3.63) is 29.8 Å². The number of hydrogen-bond acceptors (Lipinski definition) is 3. The number of halogens is 1. The molecule has 0 aliphatic carbocycles. The van der Waals surface area contributed by atoms with Gasteiger partial charge < -0.3 is 10.1 Å². The van der Waals surface area contributed by atoms with E-state index in [4.69, 9.17) is 4.74 Å². The van der Waals surface area contributed by atoms with Gasteiger partial charge in [-0.2, -0.15) is 0 Å². The van der Waals surface area contributed by atoms with E-state index in [0.717, 1.165) is 31.7 Å². The molecule has 0 saturated carbocycles. The normalized spacial score (nSPS) is 12.7. The van der Waals surface area contributed by atoms with Gasteiger partial charge in [-0.15, -0.1) is 0 Å². The minimum Gasteiger partial charge on any atom is -0.385 e. The van der Waals surface area contributed by atoms with Crippen LogP contribution in [0.4, 0.5) is 4.39 Å². The van der Waals surface area contributed by atoms with Crippen molar-refractivity contribution in [2.75, 3.05) is 20.3 Å². The number of pyridine rings is 1. The lowest BCUT2D eigenvalue weighted by Crippen LogP contribution is -2.21. The van der Waals surface area contributed by atoms with Crippen LogP contribution in [0.25, 0.3) is 0 Å². The number of unbranched alkanes of at least 4 members (excludes halogenated alkanes) is 1. The predicted molar refractivity (Wildman–Crippen MR) is 61.7 cm³/mol. The third-order valence-corrected chi connectivity index (χ3v) is 2.42. The highest BCUT2D eigenvalue weighted by Crippen LogP contribution is 2.09. The molecule has 1 N–H and O–H groups in total. The highest BCUT2D eigenvalue weighted by Gasteiger charge is 2.05. The van der Waals surface area contributed by atoms with Gasteiger partial charge >= 0.3 is 0 Å². The van der Waals surface area contributed by atoms with Gasteiger partial charge in [-0.1, -0.05) is 0 Å². The summed E-state index contributed by atoms with van der Waals surface area (Å²) in [6.45, 7) is 3.74. The number of ether oxygens (including phenoxy) is 1. The molecule has 1 aromatic heterocycles. The van der Waals surface area contributed by atoms with Crippen LogP contribution in [0.15, 0.2) is 18.3 Å². The minimum atomic E-state index is -0.295. The molecule has 16 heavy (non-hydrogen) atoms. The molecule has 0 aromatic carbocycles. The van der Waals surface area contributed by atoms with Gasteiger partial charge in [0.15, 0.2) is 0 Å². The van der Waals surface area contributed by atoms with E-state index in [1.54, 1.807) is 13.2 Å². The lowest BCUT2D eigenvalue weighted by atomic mass is 10.2. The zero-order valence-electron chi connectivity index (χ0n) is 9.87. The standard InChI is InChI=1S/C12H19FN2O/c1-10(14-7-3-4-8-16-2)12-6-5-11(13)9-15-12/h5-6,9-10,14H,3-4,7-8H2,1-2H3. The minimum absolute atomic E-state index is 0.156. The van der Waals surface area contributed by atoms with Crippen molar-refractivity contribution >= 4 is 0 Å². The van der Waals surface area contributed by atoms with Crippen LogP contribution in [0.1, 0.15) is 31.5 Å². The summed E-state index contributed by atoms with van der Waals surface area (Å²) in [5.41, 5.74) is 0.869. The van der Waals surface area contributed by atoms with Crippen molar-refractivity contribution in [2.45, 2.75) is 25.8 Å². The van der Waals surface area contributed by atoms with Crippen LogP contribution in [-0.4, -0.2) is 25.2 Å². The number of nitrogens with zero attached hydrogens (tertiary/aromatic N) is 1. The first-order valence-electron chi connectivity index (χ1n) is 5.58. The molecular formula is C12H19FN2O. The lowest BCUT2D eigenvalue weighted by molar-refractivity contribution is 0.192.